The van der Waals surface area contributed by atoms with Crippen LogP contribution in [0.4, 0.5) is 0 Å². The third-order valence-electron chi connectivity index (χ3n) is 4.52. The van der Waals surface area contributed by atoms with Gasteiger partial charge in [0.1, 0.15) is 0 Å². The molecule has 100 valence electrons. The quantitative estimate of drug-likeness (QED) is 0.772. The maximum atomic E-state index is 6.18. The van der Waals surface area contributed by atoms with Gasteiger partial charge in [0.15, 0.2) is 0 Å². The minimum atomic E-state index is 0.289. The van der Waals surface area contributed by atoms with E-state index in [4.69, 9.17) is 10.5 Å². The molecule has 1 saturated carbocycles. The zero-order valence-corrected chi connectivity index (χ0v) is 11.2. The molecule has 17 heavy (non-hydrogen) atoms. The zero-order valence-electron chi connectivity index (χ0n) is 11.2. The van der Waals surface area contributed by atoms with Gasteiger partial charge in [0.2, 0.25) is 0 Å². The molecular formula is C14H28N2O. The van der Waals surface area contributed by atoms with Crippen molar-refractivity contribution in [3.8, 4) is 0 Å². The highest BCUT2D eigenvalue weighted by Gasteiger charge is 2.33. The fraction of sp³-hybridized carbons (Fsp3) is 1.00. The first kappa shape index (κ1) is 13.3. The highest BCUT2D eigenvalue weighted by Crippen LogP contribution is 2.35. The monoisotopic (exact) mass is 240 g/mol. The van der Waals surface area contributed by atoms with Crippen LogP contribution in [-0.2, 0) is 4.74 Å². The van der Waals surface area contributed by atoms with Crippen molar-refractivity contribution in [2.45, 2.75) is 57.0 Å². The Morgan fingerprint density at radius 1 is 1.24 bits per heavy atom. The lowest BCUT2D eigenvalue weighted by atomic mass is 9.95. The molecule has 1 aliphatic heterocycles. The second-order valence-electron chi connectivity index (χ2n) is 5.79. The van der Waals surface area contributed by atoms with Gasteiger partial charge >= 0.3 is 0 Å². The summed E-state index contributed by atoms with van der Waals surface area (Å²) in [4.78, 5) is 2.66. The van der Waals surface area contributed by atoms with Gasteiger partial charge < -0.3 is 10.5 Å². The van der Waals surface area contributed by atoms with E-state index >= 15 is 0 Å². The van der Waals surface area contributed by atoms with Gasteiger partial charge in [-0.3, -0.25) is 4.90 Å². The van der Waals surface area contributed by atoms with Crippen LogP contribution in [0.5, 0.6) is 0 Å². The third-order valence-corrected chi connectivity index (χ3v) is 4.52. The van der Waals surface area contributed by atoms with E-state index in [9.17, 15) is 0 Å². The van der Waals surface area contributed by atoms with Gasteiger partial charge in [-0.1, -0.05) is 12.8 Å². The van der Waals surface area contributed by atoms with E-state index in [1.165, 1.54) is 45.1 Å². The molecule has 2 rings (SSSR count). The molecule has 2 unspecified atom stereocenters. The molecule has 0 radical (unpaired) electrons. The average Bonchev–Trinajstić information content (AvgIpc) is 2.95. The Morgan fingerprint density at radius 3 is 2.71 bits per heavy atom. The Balaban J connectivity index is 1.78. The molecule has 3 heteroatoms. The fourth-order valence-corrected chi connectivity index (χ4v) is 3.62. The molecule has 0 aromatic carbocycles. The molecule has 2 atom stereocenters. The van der Waals surface area contributed by atoms with Crippen LogP contribution in [0.3, 0.4) is 0 Å². The molecule has 1 heterocycles. The van der Waals surface area contributed by atoms with Crippen molar-refractivity contribution >= 4 is 0 Å². The van der Waals surface area contributed by atoms with Crippen molar-refractivity contribution in [1.82, 2.24) is 4.90 Å². The molecule has 0 aromatic heterocycles. The maximum Gasteiger partial charge on any atom is 0.0477 e. The van der Waals surface area contributed by atoms with Gasteiger partial charge in [0.25, 0.3) is 0 Å². The van der Waals surface area contributed by atoms with E-state index in [2.05, 4.69) is 4.90 Å². The lowest BCUT2D eigenvalue weighted by Crippen LogP contribution is -2.43. The topological polar surface area (TPSA) is 38.5 Å². The third kappa shape index (κ3) is 3.67. The zero-order chi connectivity index (χ0) is 12.1. The molecule has 1 aliphatic carbocycles. The molecule has 0 aromatic rings. The Kier molecular flexibility index (Phi) is 5.26. The predicted octanol–water partition coefficient (Wildman–Crippen LogP) is 2.00. The SMILES string of the molecule is COCCC(N)CN1CCCC1C1CCCC1. The van der Waals surface area contributed by atoms with Gasteiger partial charge in [-0.15, -0.1) is 0 Å². The van der Waals surface area contributed by atoms with Crippen LogP contribution in [0.25, 0.3) is 0 Å². The molecule has 0 spiro atoms. The number of nitrogens with two attached hydrogens (primary N) is 1. The Labute approximate surface area is 106 Å². The predicted molar refractivity (Wildman–Crippen MR) is 71.0 cm³/mol. The molecular weight excluding hydrogens is 212 g/mol. The van der Waals surface area contributed by atoms with Gasteiger partial charge in [-0.25, -0.2) is 0 Å². The summed E-state index contributed by atoms with van der Waals surface area (Å²) in [5.74, 6) is 0.965. The number of likely N-dealkylation sites (tertiary alicyclic amines) is 1. The molecule has 3 nitrogen and oxygen atoms in total. The van der Waals surface area contributed by atoms with Crippen LogP contribution in [0, 0.1) is 5.92 Å². The number of hydrogen-bond donors (Lipinski definition) is 1. The number of rotatable bonds is 6. The number of nitrogens with zero attached hydrogens (tertiary/aromatic N) is 1. The Bertz CT molecular complexity index is 216. The van der Waals surface area contributed by atoms with Crippen LogP contribution in [-0.4, -0.2) is 43.8 Å². The highest BCUT2D eigenvalue weighted by atomic mass is 16.5. The molecule has 2 N–H and O–H groups in total. The van der Waals surface area contributed by atoms with Crippen LogP contribution >= 0.6 is 0 Å². The average molecular weight is 240 g/mol. The van der Waals surface area contributed by atoms with E-state index in [-0.39, 0.29) is 6.04 Å². The standard InChI is InChI=1S/C14H28N2O/c1-17-10-8-13(15)11-16-9-4-7-14(16)12-5-2-3-6-12/h12-14H,2-11,15H2,1H3. The van der Waals surface area contributed by atoms with Crippen LogP contribution < -0.4 is 5.73 Å². The fourth-order valence-electron chi connectivity index (χ4n) is 3.62. The lowest BCUT2D eigenvalue weighted by Gasteiger charge is -2.31. The smallest absolute Gasteiger partial charge is 0.0477 e. The normalized spacial score (nSPS) is 28.9. The summed E-state index contributed by atoms with van der Waals surface area (Å²) >= 11 is 0. The van der Waals surface area contributed by atoms with Crippen LogP contribution in [0.15, 0.2) is 0 Å². The number of hydrogen-bond acceptors (Lipinski definition) is 3. The molecule has 2 aliphatic rings. The first-order valence-corrected chi connectivity index (χ1v) is 7.30. The van der Waals surface area contributed by atoms with Crippen molar-refractivity contribution in [3.05, 3.63) is 0 Å². The summed E-state index contributed by atoms with van der Waals surface area (Å²) in [6, 6.07) is 1.13. The van der Waals surface area contributed by atoms with Crippen molar-refractivity contribution in [1.29, 1.82) is 0 Å². The van der Waals surface area contributed by atoms with Crippen molar-refractivity contribution in [3.63, 3.8) is 0 Å². The minimum Gasteiger partial charge on any atom is -0.385 e. The largest absolute Gasteiger partial charge is 0.385 e. The summed E-state index contributed by atoms with van der Waals surface area (Å²) in [5, 5.41) is 0. The van der Waals surface area contributed by atoms with Gasteiger partial charge in [0.05, 0.1) is 0 Å². The van der Waals surface area contributed by atoms with E-state index in [1.807, 2.05) is 0 Å². The minimum absolute atomic E-state index is 0.289. The lowest BCUT2D eigenvalue weighted by molar-refractivity contribution is 0.154. The summed E-state index contributed by atoms with van der Waals surface area (Å²) in [5.41, 5.74) is 6.18. The molecule has 2 fully saturated rings. The van der Waals surface area contributed by atoms with E-state index in [0.717, 1.165) is 31.5 Å². The second-order valence-corrected chi connectivity index (χ2v) is 5.79. The first-order chi connectivity index (χ1) is 8.31. The highest BCUT2D eigenvalue weighted by molar-refractivity contribution is 4.88. The van der Waals surface area contributed by atoms with E-state index in [0.29, 0.717) is 0 Å². The van der Waals surface area contributed by atoms with Crippen molar-refractivity contribution in [2.75, 3.05) is 26.8 Å². The summed E-state index contributed by atoms with van der Waals surface area (Å²) < 4.78 is 5.11. The van der Waals surface area contributed by atoms with E-state index in [1.54, 1.807) is 7.11 Å². The van der Waals surface area contributed by atoms with Gasteiger partial charge in [-0.2, -0.15) is 0 Å². The Hall–Kier alpha value is -0.120. The van der Waals surface area contributed by atoms with Crippen molar-refractivity contribution in [2.24, 2.45) is 11.7 Å². The molecule has 1 saturated heterocycles. The number of methoxy groups -OCH3 is 1. The van der Waals surface area contributed by atoms with Gasteiger partial charge in [-0.05, 0) is 44.6 Å². The van der Waals surface area contributed by atoms with Crippen molar-refractivity contribution < 1.29 is 4.74 Å². The first-order valence-electron chi connectivity index (χ1n) is 7.30. The second kappa shape index (κ2) is 6.72. The van der Waals surface area contributed by atoms with E-state index < -0.39 is 0 Å². The summed E-state index contributed by atoms with van der Waals surface area (Å²) in [6.45, 7) is 3.13. The number of ether oxygens (including phenoxy) is 1. The maximum absolute atomic E-state index is 6.18. The molecule has 0 amide bonds. The van der Waals surface area contributed by atoms with Crippen LogP contribution in [0.2, 0.25) is 0 Å². The molecule has 0 bridgehead atoms. The van der Waals surface area contributed by atoms with Crippen LogP contribution in [0.1, 0.15) is 44.9 Å². The summed E-state index contributed by atoms with van der Waals surface area (Å²) in [6.07, 6.45) is 9.57. The van der Waals surface area contributed by atoms with Gasteiger partial charge in [0, 0.05) is 32.3 Å². The Morgan fingerprint density at radius 2 is 2.00 bits per heavy atom. The summed E-state index contributed by atoms with van der Waals surface area (Å²) in [7, 11) is 1.75.